The molecule has 0 amide bonds. The molecule has 0 aliphatic heterocycles. The highest BCUT2D eigenvalue weighted by Gasteiger charge is 2.95. The standard InChI is InChI=1S/C18H17ClF20O4S/c1-2-3-4-5-6-7-8(20)9(19,21)10(22,23)11(24,25)12(26,27)13(28,29)14(30,31)15(32,33)16(34,35)43-17(36,37)18(38,39)44(40,41)42/h8H,2-7H2,1H3,(H,40,41,42). The molecule has 0 heterocycles. The second kappa shape index (κ2) is 12.4. The van der Waals surface area contributed by atoms with Crippen molar-refractivity contribution in [3.05, 3.63) is 0 Å². The lowest BCUT2D eigenvalue weighted by Crippen LogP contribution is -2.75. The number of halogens is 21. The molecule has 0 bridgehead atoms. The zero-order valence-corrected chi connectivity index (χ0v) is 22.4. The fourth-order valence-corrected chi connectivity index (χ4v) is 3.49. The van der Waals surface area contributed by atoms with E-state index in [0.717, 1.165) is 4.74 Å². The fraction of sp³-hybridized carbons (Fsp3) is 1.00. The molecule has 0 saturated carbocycles. The molecule has 0 aromatic heterocycles. The molecule has 0 aliphatic carbocycles. The summed E-state index contributed by atoms with van der Waals surface area (Å²) in [6.45, 7) is 1.60. The minimum Gasteiger partial charge on any atom is -0.281 e. The predicted molar refractivity (Wildman–Crippen MR) is 105 cm³/mol. The van der Waals surface area contributed by atoms with Crippen molar-refractivity contribution in [1.82, 2.24) is 0 Å². The maximum absolute atomic E-state index is 14.2. The van der Waals surface area contributed by atoms with E-state index in [-0.39, 0.29) is 12.8 Å². The van der Waals surface area contributed by atoms with E-state index < -0.39 is 87.3 Å². The maximum Gasteiger partial charge on any atom is 0.460 e. The van der Waals surface area contributed by atoms with Crippen molar-refractivity contribution in [2.45, 2.75) is 110 Å². The Morgan fingerprint density at radius 2 is 0.932 bits per heavy atom. The summed E-state index contributed by atoms with van der Waals surface area (Å²) in [4.78, 5) is 0. The highest BCUT2D eigenvalue weighted by atomic mass is 35.5. The summed E-state index contributed by atoms with van der Waals surface area (Å²) >= 11 is 4.24. The second-order valence-corrected chi connectivity index (χ2v) is 10.9. The minimum absolute atomic E-state index is 0.151. The van der Waals surface area contributed by atoms with Crippen molar-refractivity contribution in [2.24, 2.45) is 0 Å². The van der Waals surface area contributed by atoms with Crippen LogP contribution in [0.2, 0.25) is 0 Å². The Balaban J connectivity index is 6.76. The summed E-state index contributed by atoms with van der Waals surface area (Å²) < 4.78 is 303. The number of alkyl halides is 21. The van der Waals surface area contributed by atoms with Crippen molar-refractivity contribution < 1.29 is 106 Å². The molecule has 0 saturated heterocycles. The van der Waals surface area contributed by atoms with Crippen LogP contribution in [0.5, 0.6) is 0 Å². The van der Waals surface area contributed by atoms with E-state index in [9.17, 15) is 96.2 Å². The lowest BCUT2D eigenvalue weighted by molar-refractivity contribution is -0.503. The topological polar surface area (TPSA) is 63.6 Å². The van der Waals surface area contributed by atoms with Gasteiger partial charge in [0.2, 0.25) is 0 Å². The summed E-state index contributed by atoms with van der Waals surface area (Å²) in [5, 5.41) is -13.8. The van der Waals surface area contributed by atoms with Gasteiger partial charge < -0.3 is 0 Å². The van der Waals surface area contributed by atoms with Crippen LogP contribution in [0, 0.1) is 0 Å². The van der Waals surface area contributed by atoms with Gasteiger partial charge in [0.25, 0.3) is 5.13 Å². The molecule has 44 heavy (non-hydrogen) atoms. The lowest BCUT2D eigenvalue weighted by Gasteiger charge is -2.44. The van der Waals surface area contributed by atoms with E-state index in [2.05, 4.69) is 11.6 Å². The van der Waals surface area contributed by atoms with E-state index >= 15 is 0 Å². The first kappa shape index (κ1) is 42.8. The van der Waals surface area contributed by atoms with Gasteiger partial charge in [0, 0.05) is 0 Å². The van der Waals surface area contributed by atoms with Gasteiger partial charge in [-0.3, -0.25) is 4.55 Å². The number of ether oxygens (including phenoxy) is 1. The maximum atomic E-state index is 14.2. The van der Waals surface area contributed by atoms with Crippen LogP contribution in [-0.2, 0) is 14.9 Å². The van der Waals surface area contributed by atoms with Gasteiger partial charge in [-0.15, -0.1) is 0 Å². The normalized spacial score (nSPS) is 17.9. The molecule has 26 heteroatoms. The van der Waals surface area contributed by atoms with Crippen molar-refractivity contribution >= 4 is 21.7 Å². The van der Waals surface area contributed by atoms with Gasteiger partial charge in [0.15, 0.2) is 6.17 Å². The van der Waals surface area contributed by atoms with Crippen LogP contribution in [0.15, 0.2) is 0 Å². The first-order valence-corrected chi connectivity index (χ1v) is 12.8. The molecule has 0 aromatic rings. The highest BCUT2D eigenvalue weighted by Crippen LogP contribution is 2.65. The zero-order chi connectivity index (χ0) is 36.0. The van der Waals surface area contributed by atoms with Crippen molar-refractivity contribution in [3.8, 4) is 0 Å². The number of rotatable bonds is 18. The Labute approximate surface area is 237 Å². The first-order chi connectivity index (χ1) is 18.9. The van der Waals surface area contributed by atoms with Gasteiger partial charge in [-0.2, -0.15) is 87.4 Å². The van der Waals surface area contributed by atoms with E-state index in [0.29, 0.717) is 12.8 Å². The van der Waals surface area contributed by atoms with E-state index in [1.165, 1.54) is 0 Å². The van der Waals surface area contributed by atoms with Crippen molar-refractivity contribution in [1.29, 1.82) is 0 Å². The Kier molecular flexibility index (Phi) is 12.1. The van der Waals surface area contributed by atoms with Gasteiger partial charge in [-0.25, -0.2) is 13.5 Å². The molecule has 4 nitrogen and oxygen atoms in total. The van der Waals surface area contributed by atoms with Crippen LogP contribution in [0.25, 0.3) is 0 Å². The SMILES string of the molecule is CCCCCCCC(F)C(F)(Cl)C(F)(F)C(F)(F)C(F)(F)C(F)(F)C(F)(F)C(F)(F)C(F)(F)OC(F)(F)C(F)(F)S(=O)(=O)O. The van der Waals surface area contributed by atoms with Gasteiger partial charge in [-0.05, 0) is 6.42 Å². The van der Waals surface area contributed by atoms with E-state index in [1.54, 1.807) is 6.92 Å². The molecule has 0 fully saturated rings. The van der Waals surface area contributed by atoms with Gasteiger partial charge in [-0.1, -0.05) is 50.6 Å². The van der Waals surface area contributed by atoms with Crippen LogP contribution in [0.4, 0.5) is 87.8 Å². The van der Waals surface area contributed by atoms with E-state index in [4.69, 9.17) is 4.55 Å². The summed E-state index contributed by atoms with van der Waals surface area (Å²) in [6, 6.07) is 0. The van der Waals surface area contributed by atoms with Crippen LogP contribution in [0.3, 0.4) is 0 Å². The molecule has 0 spiro atoms. The third kappa shape index (κ3) is 6.61. The first-order valence-electron chi connectivity index (χ1n) is 11.0. The van der Waals surface area contributed by atoms with Crippen molar-refractivity contribution in [2.75, 3.05) is 0 Å². The quantitative estimate of drug-likeness (QED) is 0.0659. The van der Waals surface area contributed by atoms with Crippen molar-refractivity contribution in [3.63, 3.8) is 0 Å². The Morgan fingerprint density at radius 1 is 0.591 bits per heavy atom. The average Bonchev–Trinajstić information content (AvgIpc) is 2.81. The van der Waals surface area contributed by atoms with E-state index in [1.807, 2.05) is 0 Å². The fourth-order valence-electron chi connectivity index (χ4n) is 2.92. The summed E-state index contributed by atoms with van der Waals surface area (Å²) in [7, 11) is -7.74. The van der Waals surface area contributed by atoms with Gasteiger partial charge in [0.1, 0.15) is 0 Å². The lowest BCUT2D eigenvalue weighted by atomic mass is 9.87. The Morgan fingerprint density at radius 3 is 1.30 bits per heavy atom. The molecular formula is C18H17ClF20O4S. The molecular weight excluding hydrogens is 728 g/mol. The molecule has 2 unspecified atom stereocenters. The third-order valence-corrected chi connectivity index (χ3v) is 6.99. The molecule has 0 aliphatic rings. The molecule has 0 aromatic carbocycles. The number of hydrogen-bond acceptors (Lipinski definition) is 3. The zero-order valence-electron chi connectivity index (χ0n) is 20.8. The predicted octanol–water partition coefficient (Wildman–Crippen LogP) is 9.08. The molecule has 1 N–H and O–H groups in total. The Hall–Kier alpha value is -1.24. The van der Waals surface area contributed by atoms with Crippen LogP contribution in [-0.4, -0.2) is 77.3 Å². The minimum atomic E-state index is -9.09. The number of hydrogen-bond donors (Lipinski definition) is 1. The Bertz CT molecular complexity index is 1090. The molecule has 2 atom stereocenters. The van der Waals surface area contributed by atoms with Gasteiger partial charge in [0.05, 0.1) is 0 Å². The summed E-state index contributed by atoms with van der Waals surface area (Å²) in [5.74, 6) is -52.4. The average molecular weight is 745 g/mol. The summed E-state index contributed by atoms with van der Waals surface area (Å²) in [6.07, 6.45) is -22.1. The third-order valence-electron chi connectivity index (χ3n) is 5.63. The largest absolute Gasteiger partial charge is 0.460 e. The smallest absolute Gasteiger partial charge is 0.281 e. The molecule has 0 rings (SSSR count). The number of unbranched alkanes of at least 4 members (excludes halogenated alkanes) is 4. The molecule has 266 valence electrons. The second-order valence-electron chi connectivity index (χ2n) is 8.87. The summed E-state index contributed by atoms with van der Waals surface area (Å²) in [5.41, 5.74) is 0. The van der Waals surface area contributed by atoms with Crippen LogP contribution in [0.1, 0.15) is 45.4 Å². The molecule has 0 radical (unpaired) electrons. The van der Waals surface area contributed by atoms with Gasteiger partial charge >= 0.3 is 63.1 Å². The highest BCUT2D eigenvalue weighted by molar-refractivity contribution is 7.86. The van der Waals surface area contributed by atoms with Crippen LogP contribution >= 0.6 is 11.6 Å². The monoisotopic (exact) mass is 744 g/mol. The van der Waals surface area contributed by atoms with Crippen LogP contribution < -0.4 is 0 Å².